The second-order valence-electron chi connectivity index (χ2n) is 8.13. The molecule has 0 saturated heterocycles. The number of hydrogen-bond acceptors (Lipinski definition) is 4. The van der Waals surface area contributed by atoms with Crippen LogP contribution in [0.25, 0.3) is 0 Å². The van der Waals surface area contributed by atoms with Crippen LogP contribution in [-0.2, 0) is 29.1 Å². The number of benzene rings is 2. The molecule has 0 unspecified atom stereocenters. The minimum atomic E-state index is -0.578. The predicted molar refractivity (Wildman–Crippen MR) is 117 cm³/mol. The Balaban J connectivity index is 1.62. The van der Waals surface area contributed by atoms with E-state index in [0.29, 0.717) is 25.9 Å². The van der Waals surface area contributed by atoms with Crippen molar-refractivity contribution in [2.45, 2.75) is 51.9 Å². The van der Waals surface area contributed by atoms with E-state index in [4.69, 9.17) is 4.74 Å². The molecule has 1 aliphatic heterocycles. The summed E-state index contributed by atoms with van der Waals surface area (Å²) in [6.45, 7) is 5.09. The van der Waals surface area contributed by atoms with Gasteiger partial charge in [0.2, 0.25) is 11.8 Å². The molecule has 160 valence electrons. The van der Waals surface area contributed by atoms with Crippen LogP contribution < -0.4 is 20.7 Å². The summed E-state index contributed by atoms with van der Waals surface area (Å²) in [5.41, 5.74) is 3.29. The van der Waals surface area contributed by atoms with E-state index in [1.807, 2.05) is 50.2 Å². The quantitative estimate of drug-likeness (QED) is 0.626. The maximum atomic E-state index is 12.9. The molecule has 6 nitrogen and oxygen atoms in total. The molecule has 0 fully saturated rings. The highest BCUT2D eigenvalue weighted by atomic mass is 16.5. The van der Waals surface area contributed by atoms with E-state index in [1.165, 1.54) is 11.1 Å². The molecule has 1 heterocycles. The second kappa shape index (κ2) is 10.3. The normalized spacial score (nSPS) is 16.5. The molecule has 30 heavy (non-hydrogen) atoms. The summed E-state index contributed by atoms with van der Waals surface area (Å²) in [5.74, 6) is 0.682. The zero-order chi connectivity index (χ0) is 21.5. The van der Waals surface area contributed by atoms with Crippen LogP contribution in [-0.4, -0.2) is 31.0 Å². The van der Waals surface area contributed by atoms with Gasteiger partial charge in [0.25, 0.3) is 0 Å². The average molecular weight is 410 g/mol. The van der Waals surface area contributed by atoms with Crippen molar-refractivity contribution in [2.24, 2.45) is 5.92 Å². The Morgan fingerprint density at radius 1 is 1.10 bits per heavy atom. The van der Waals surface area contributed by atoms with E-state index < -0.39 is 6.04 Å². The van der Waals surface area contributed by atoms with Crippen LogP contribution in [0.15, 0.2) is 48.5 Å². The van der Waals surface area contributed by atoms with Crippen molar-refractivity contribution in [3.8, 4) is 5.75 Å². The van der Waals surface area contributed by atoms with Gasteiger partial charge in [-0.1, -0.05) is 56.3 Å². The number of fused-ring (bicyclic) bond motifs is 1. The molecule has 2 amide bonds. The largest absolute Gasteiger partial charge is 0.496 e. The summed E-state index contributed by atoms with van der Waals surface area (Å²) in [5, 5.41) is 9.20. The van der Waals surface area contributed by atoms with E-state index in [0.717, 1.165) is 11.3 Å². The molecule has 0 spiro atoms. The van der Waals surface area contributed by atoms with Gasteiger partial charge in [-0.3, -0.25) is 9.59 Å². The lowest BCUT2D eigenvalue weighted by molar-refractivity contribution is -0.130. The smallest absolute Gasteiger partial charge is 0.242 e. The van der Waals surface area contributed by atoms with Crippen molar-refractivity contribution in [3.05, 3.63) is 65.2 Å². The lowest BCUT2D eigenvalue weighted by Crippen LogP contribution is -2.54. The van der Waals surface area contributed by atoms with E-state index in [-0.39, 0.29) is 23.8 Å². The van der Waals surface area contributed by atoms with Crippen molar-refractivity contribution in [1.29, 1.82) is 0 Å². The molecule has 0 bridgehead atoms. The van der Waals surface area contributed by atoms with Gasteiger partial charge >= 0.3 is 0 Å². The van der Waals surface area contributed by atoms with Gasteiger partial charge in [0.15, 0.2) is 0 Å². The Hall–Kier alpha value is -2.86. The molecular formula is C24H31N3O3. The number of carbonyl (C=O) groups is 2. The van der Waals surface area contributed by atoms with Crippen molar-refractivity contribution in [1.82, 2.24) is 16.0 Å². The number of para-hydroxylation sites is 1. The third kappa shape index (κ3) is 5.60. The fourth-order valence-electron chi connectivity index (χ4n) is 3.77. The maximum absolute atomic E-state index is 12.9. The molecule has 6 heteroatoms. The Kier molecular flexibility index (Phi) is 7.46. The van der Waals surface area contributed by atoms with Crippen molar-refractivity contribution in [2.75, 3.05) is 7.11 Å². The summed E-state index contributed by atoms with van der Waals surface area (Å²) in [6.07, 6.45) is 1.20. The lowest BCUT2D eigenvalue weighted by Gasteiger charge is -2.28. The molecule has 2 aromatic rings. The Morgan fingerprint density at radius 3 is 2.53 bits per heavy atom. The number of nitrogens with one attached hydrogen (secondary N) is 3. The zero-order valence-corrected chi connectivity index (χ0v) is 17.9. The summed E-state index contributed by atoms with van der Waals surface area (Å²) >= 11 is 0. The zero-order valence-electron chi connectivity index (χ0n) is 17.9. The number of hydrogen-bond donors (Lipinski definition) is 3. The molecule has 2 aromatic carbocycles. The summed E-state index contributed by atoms with van der Waals surface area (Å²) in [6, 6.07) is 14.8. The van der Waals surface area contributed by atoms with Crippen molar-refractivity contribution >= 4 is 11.8 Å². The van der Waals surface area contributed by atoms with E-state index in [1.54, 1.807) is 7.11 Å². The minimum Gasteiger partial charge on any atom is -0.496 e. The van der Waals surface area contributed by atoms with Gasteiger partial charge < -0.3 is 20.7 Å². The summed E-state index contributed by atoms with van der Waals surface area (Å²) < 4.78 is 5.35. The van der Waals surface area contributed by atoms with Crippen LogP contribution in [0.2, 0.25) is 0 Å². The highest BCUT2D eigenvalue weighted by Crippen LogP contribution is 2.18. The molecule has 1 aliphatic rings. The van der Waals surface area contributed by atoms with Crippen LogP contribution in [0, 0.1) is 5.92 Å². The molecule has 3 rings (SSSR count). The van der Waals surface area contributed by atoms with Gasteiger partial charge in [-0.05, 0) is 36.0 Å². The minimum absolute atomic E-state index is 0.136. The molecule has 0 radical (unpaired) electrons. The standard InChI is InChI=1S/C24H31N3O3/c1-16(2)12-21(23(28)26-15-19-10-6-7-11-22(19)30-3)27-24(29)20-13-17-8-4-5-9-18(17)14-25-20/h4-11,16,20-21,25H,12-15H2,1-3H3,(H,26,28)(H,27,29)/t20-,21-/m0/s1. The third-order valence-electron chi connectivity index (χ3n) is 5.38. The first kappa shape index (κ1) is 21.8. The first-order valence-corrected chi connectivity index (χ1v) is 10.5. The monoisotopic (exact) mass is 409 g/mol. The SMILES string of the molecule is COc1ccccc1CNC(=O)[C@H](CC(C)C)NC(=O)[C@@H]1Cc2ccccc2CN1. The van der Waals surface area contributed by atoms with Crippen molar-refractivity contribution < 1.29 is 14.3 Å². The van der Waals surface area contributed by atoms with Crippen LogP contribution >= 0.6 is 0 Å². The highest BCUT2D eigenvalue weighted by Gasteiger charge is 2.28. The Morgan fingerprint density at radius 2 is 1.80 bits per heavy atom. The molecule has 3 N–H and O–H groups in total. The van der Waals surface area contributed by atoms with Crippen LogP contribution in [0.4, 0.5) is 0 Å². The Bertz CT molecular complexity index is 882. The first-order valence-electron chi connectivity index (χ1n) is 10.5. The molecule has 2 atom stereocenters. The lowest BCUT2D eigenvalue weighted by atomic mass is 9.95. The van der Waals surface area contributed by atoms with Gasteiger partial charge in [0.05, 0.1) is 13.2 Å². The van der Waals surface area contributed by atoms with Gasteiger partial charge in [-0.15, -0.1) is 0 Å². The number of methoxy groups -OCH3 is 1. The van der Waals surface area contributed by atoms with Gasteiger partial charge in [0, 0.05) is 18.7 Å². The summed E-state index contributed by atoms with van der Waals surface area (Å²) in [7, 11) is 1.61. The third-order valence-corrected chi connectivity index (χ3v) is 5.38. The molecule has 0 saturated carbocycles. The van der Waals surface area contributed by atoms with Gasteiger partial charge in [0.1, 0.15) is 11.8 Å². The number of amides is 2. The fourth-order valence-corrected chi connectivity index (χ4v) is 3.77. The number of ether oxygens (including phenoxy) is 1. The van der Waals surface area contributed by atoms with Gasteiger partial charge in [-0.2, -0.15) is 0 Å². The molecule has 0 aromatic heterocycles. The molecule has 0 aliphatic carbocycles. The number of rotatable bonds is 8. The predicted octanol–water partition coefficient (Wildman–Crippen LogP) is 2.56. The number of carbonyl (C=O) groups excluding carboxylic acids is 2. The second-order valence-corrected chi connectivity index (χ2v) is 8.13. The Labute approximate surface area is 178 Å². The van der Waals surface area contributed by atoms with E-state index in [2.05, 4.69) is 28.1 Å². The maximum Gasteiger partial charge on any atom is 0.242 e. The van der Waals surface area contributed by atoms with Crippen LogP contribution in [0.5, 0.6) is 5.75 Å². The first-order chi connectivity index (χ1) is 14.5. The van der Waals surface area contributed by atoms with Crippen LogP contribution in [0.3, 0.4) is 0 Å². The highest BCUT2D eigenvalue weighted by molar-refractivity contribution is 5.90. The van der Waals surface area contributed by atoms with Crippen LogP contribution in [0.1, 0.15) is 37.0 Å². The van der Waals surface area contributed by atoms with E-state index in [9.17, 15) is 9.59 Å². The summed E-state index contributed by atoms with van der Waals surface area (Å²) in [4.78, 5) is 25.8. The topological polar surface area (TPSA) is 79.5 Å². The van der Waals surface area contributed by atoms with E-state index >= 15 is 0 Å². The fraction of sp³-hybridized carbons (Fsp3) is 0.417. The van der Waals surface area contributed by atoms with Gasteiger partial charge in [-0.25, -0.2) is 0 Å². The average Bonchev–Trinajstić information content (AvgIpc) is 2.76. The van der Waals surface area contributed by atoms with Crippen molar-refractivity contribution in [3.63, 3.8) is 0 Å². The molecular weight excluding hydrogens is 378 g/mol.